The van der Waals surface area contributed by atoms with E-state index in [9.17, 15) is 0 Å². The monoisotopic (exact) mass is 235 g/mol. The first-order chi connectivity index (χ1) is 8.43. The van der Waals surface area contributed by atoms with Crippen LogP contribution >= 0.6 is 0 Å². The number of rotatable bonds is 0. The van der Waals surface area contributed by atoms with Crippen LogP contribution < -0.4 is 0 Å². The molecule has 0 saturated carbocycles. The number of fused-ring (bicyclic) bond motifs is 5. The molecule has 0 atom stereocenters. The van der Waals surface area contributed by atoms with Crippen molar-refractivity contribution in [2.45, 2.75) is 11.3 Å². The summed E-state index contributed by atoms with van der Waals surface area (Å²) >= 11 is 1.91. The highest BCUT2D eigenvalue weighted by Gasteiger charge is 2.35. The maximum atomic E-state index is 2.37. The molecule has 2 aliphatic rings. The van der Waals surface area contributed by atoms with Gasteiger partial charge in [0.25, 0.3) is 0 Å². The minimum absolute atomic E-state index is 1.06. The second-order valence-electron chi connectivity index (χ2n) is 4.41. The molecule has 1 aliphatic carbocycles. The third-order valence-corrected chi connectivity index (χ3v) is 4.64. The van der Waals surface area contributed by atoms with Crippen molar-refractivity contribution in [1.29, 1.82) is 0 Å². The predicted molar refractivity (Wildman–Crippen MR) is 74.3 cm³/mol. The van der Waals surface area contributed by atoms with Gasteiger partial charge < -0.3 is 0 Å². The van der Waals surface area contributed by atoms with E-state index in [1.807, 2.05) is 11.4 Å². The molecule has 0 N–H and O–H groups in total. The first-order valence-corrected chi connectivity index (χ1v) is 6.68. The molecule has 0 amide bonds. The molecule has 1 aliphatic heterocycles. The van der Waals surface area contributed by atoms with Gasteiger partial charge in [0.15, 0.2) is 0 Å². The van der Waals surface area contributed by atoms with Gasteiger partial charge >= 0.3 is 0 Å². The van der Waals surface area contributed by atoms with E-state index in [0.29, 0.717) is 0 Å². The highest BCUT2D eigenvalue weighted by molar-refractivity contribution is 7.81. The number of benzene rings is 2. The molecular weight excluding hydrogens is 224 g/mol. The maximum absolute atomic E-state index is 2.37. The SMILES string of the molecule is C1=C2C(=[S+]c3ccccc32)c2ccccc2C1. The van der Waals surface area contributed by atoms with Gasteiger partial charge in [-0.1, -0.05) is 36.4 Å². The molecule has 17 heavy (non-hydrogen) atoms. The van der Waals surface area contributed by atoms with Crippen LogP contribution in [0, 0.1) is 0 Å². The molecule has 0 aromatic heterocycles. The standard InChI is InChI=1S/C16H11S/c1-2-6-12-11(5-1)9-10-14-13-7-3-4-8-15(13)17-16(12)14/h1-8,10H,9H2/q+1. The number of allylic oxidation sites excluding steroid dienone is 2. The molecule has 0 bridgehead atoms. The van der Waals surface area contributed by atoms with Crippen LogP contribution in [0.4, 0.5) is 0 Å². The van der Waals surface area contributed by atoms with Gasteiger partial charge in [0.05, 0.1) is 5.56 Å². The molecule has 80 valence electrons. The second kappa shape index (κ2) is 3.38. The Balaban J connectivity index is 1.99. The summed E-state index contributed by atoms with van der Waals surface area (Å²) in [5, 5.41) is 0. The van der Waals surface area contributed by atoms with E-state index in [-0.39, 0.29) is 0 Å². The summed E-state index contributed by atoms with van der Waals surface area (Å²) in [7, 11) is 0. The summed E-state index contributed by atoms with van der Waals surface area (Å²) in [4.78, 5) is 2.83. The molecule has 0 saturated heterocycles. The van der Waals surface area contributed by atoms with Crippen LogP contribution in [-0.4, -0.2) is 4.86 Å². The molecule has 1 heterocycles. The Labute approximate surface area is 105 Å². The highest BCUT2D eigenvalue weighted by atomic mass is 32.1. The Morgan fingerprint density at radius 2 is 1.59 bits per heavy atom. The van der Waals surface area contributed by atoms with Crippen LogP contribution in [0.5, 0.6) is 0 Å². The lowest BCUT2D eigenvalue weighted by molar-refractivity contribution is 1.25. The van der Waals surface area contributed by atoms with Gasteiger partial charge in [-0.25, -0.2) is 0 Å². The normalized spacial score (nSPS) is 15.5. The largest absolute Gasteiger partial charge is 0.246 e. The van der Waals surface area contributed by atoms with Crippen LogP contribution in [0.2, 0.25) is 0 Å². The van der Waals surface area contributed by atoms with E-state index < -0.39 is 0 Å². The third-order valence-electron chi connectivity index (χ3n) is 3.42. The quantitative estimate of drug-likeness (QED) is 0.485. The van der Waals surface area contributed by atoms with Crippen LogP contribution in [0.1, 0.15) is 16.7 Å². The summed E-state index contributed by atoms with van der Waals surface area (Å²) in [6.45, 7) is 0. The minimum Gasteiger partial charge on any atom is -0.0663 e. The number of hydrogen-bond acceptors (Lipinski definition) is 0. The van der Waals surface area contributed by atoms with Gasteiger partial charge in [-0.15, -0.1) is 0 Å². The zero-order chi connectivity index (χ0) is 11.2. The molecule has 2 aromatic carbocycles. The van der Waals surface area contributed by atoms with E-state index in [2.05, 4.69) is 54.6 Å². The smallest absolute Gasteiger partial charge is 0.0663 e. The van der Waals surface area contributed by atoms with Gasteiger partial charge in [-0.2, -0.15) is 0 Å². The van der Waals surface area contributed by atoms with Crippen molar-refractivity contribution in [2.75, 3.05) is 0 Å². The average Bonchev–Trinajstić information content (AvgIpc) is 2.78. The van der Waals surface area contributed by atoms with Crippen molar-refractivity contribution in [2.24, 2.45) is 0 Å². The van der Waals surface area contributed by atoms with Crippen molar-refractivity contribution in [3.05, 3.63) is 71.3 Å². The van der Waals surface area contributed by atoms with Crippen molar-refractivity contribution in [3.8, 4) is 0 Å². The van der Waals surface area contributed by atoms with Crippen LogP contribution in [0.3, 0.4) is 0 Å². The lowest BCUT2D eigenvalue weighted by Gasteiger charge is -2.10. The Hall–Kier alpha value is -1.73. The summed E-state index contributed by atoms with van der Waals surface area (Å²) in [6, 6.07) is 17.4. The highest BCUT2D eigenvalue weighted by Crippen LogP contribution is 2.35. The van der Waals surface area contributed by atoms with Crippen molar-refractivity contribution in [1.82, 2.24) is 0 Å². The van der Waals surface area contributed by atoms with Crippen LogP contribution in [-0.2, 0) is 17.8 Å². The first kappa shape index (κ1) is 9.32. The third kappa shape index (κ3) is 1.26. The lowest BCUT2D eigenvalue weighted by atomic mass is 9.88. The molecule has 0 unspecified atom stereocenters. The van der Waals surface area contributed by atoms with Crippen LogP contribution in [0.25, 0.3) is 5.57 Å². The zero-order valence-corrected chi connectivity index (χ0v) is 10.1. The van der Waals surface area contributed by atoms with E-state index >= 15 is 0 Å². The average molecular weight is 235 g/mol. The fraction of sp³-hybridized carbons (Fsp3) is 0.0625. The molecule has 0 radical (unpaired) electrons. The summed E-state index contributed by atoms with van der Waals surface area (Å²) in [5.41, 5.74) is 5.71. The molecule has 2 aromatic rings. The molecule has 0 nitrogen and oxygen atoms in total. The van der Waals surface area contributed by atoms with Gasteiger partial charge in [-0.3, -0.25) is 0 Å². The molecular formula is C16H11S+. The Morgan fingerprint density at radius 1 is 0.824 bits per heavy atom. The molecule has 0 fully saturated rings. The molecule has 4 rings (SSSR count). The van der Waals surface area contributed by atoms with Crippen LogP contribution in [0.15, 0.2) is 59.5 Å². The first-order valence-electron chi connectivity index (χ1n) is 5.86. The Morgan fingerprint density at radius 3 is 2.53 bits per heavy atom. The second-order valence-corrected chi connectivity index (χ2v) is 5.46. The zero-order valence-electron chi connectivity index (χ0n) is 9.31. The van der Waals surface area contributed by atoms with Crippen molar-refractivity contribution >= 4 is 21.8 Å². The summed E-state index contributed by atoms with van der Waals surface area (Å²) < 4.78 is 0. The summed E-state index contributed by atoms with van der Waals surface area (Å²) in [6.07, 6.45) is 3.43. The van der Waals surface area contributed by atoms with E-state index in [1.165, 1.54) is 32.0 Å². The van der Waals surface area contributed by atoms with Gasteiger partial charge in [-0.05, 0) is 24.1 Å². The van der Waals surface area contributed by atoms with Gasteiger partial charge in [0, 0.05) is 17.2 Å². The summed E-state index contributed by atoms with van der Waals surface area (Å²) in [5.74, 6) is 0. The maximum Gasteiger partial charge on any atom is 0.246 e. The Bertz CT molecular complexity index is 677. The van der Waals surface area contributed by atoms with Crippen molar-refractivity contribution in [3.63, 3.8) is 0 Å². The Kier molecular flexibility index (Phi) is 1.85. The topological polar surface area (TPSA) is 0 Å². The fourth-order valence-electron chi connectivity index (χ4n) is 2.60. The van der Waals surface area contributed by atoms with Gasteiger partial charge in [0.2, 0.25) is 21.1 Å². The lowest BCUT2D eigenvalue weighted by Crippen LogP contribution is -2.09. The predicted octanol–water partition coefficient (Wildman–Crippen LogP) is 3.30. The number of hydrogen-bond donors (Lipinski definition) is 0. The fourth-order valence-corrected chi connectivity index (χ4v) is 3.87. The molecule has 1 heteroatoms. The van der Waals surface area contributed by atoms with E-state index in [0.717, 1.165) is 6.42 Å². The van der Waals surface area contributed by atoms with E-state index in [4.69, 9.17) is 0 Å². The van der Waals surface area contributed by atoms with Gasteiger partial charge in [0.1, 0.15) is 0 Å². The molecule has 0 spiro atoms. The van der Waals surface area contributed by atoms with Crippen molar-refractivity contribution < 1.29 is 0 Å². The van der Waals surface area contributed by atoms with E-state index in [1.54, 1.807) is 0 Å². The minimum atomic E-state index is 1.06.